The van der Waals surface area contributed by atoms with Crippen LogP contribution in [0.3, 0.4) is 0 Å². The number of methoxy groups -OCH3 is 1. The van der Waals surface area contributed by atoms with Gasteiger partial charge in [-0.2, -0.15) is 5.10 Å². The zero-order valence-electron chi connectivity index (χ0n) is 17.6. The highest BCUT2D eigenvalue weighted by Crippen LogP contribution is 2.23. The van der Waals surface area contributed by atoms with Crippen LogP contribution in [-0.2, 0) is 10.5 Å². The monoisotopic (exact) mass is 448 g/mol. The van der Waals surface area contributed by atoms with Gasteiger partial charge in [0.2, 0.25) is 0 Å². The number of hydrogen-bond acceptors (Lipinski definition) is 6. The van der Waals surface area contributed by atoms with Gasteiger partial charge in [-0.1, -0.05) is 66.4 Å². The summed E-state index contributed by atoms with van der Waals surface area (Å²) in [6.45, 7) is -0.165. The summed E-state index contributed by atoms with van der Waals surface area (Å²) in [5, 5.41) is 11.2. The molecule has 8 heteroatoms. The Balaban J connectivity index is 1.55. The number of amides is 1. The number of amidine groups is 1. The van der Waals surface area contributed by atoms with E-state index in [0.717, 1.165) is 5.56 Å². The summed E-state index contributed by atoms with van der Waals surface area (Å²) in [4.78, 5) is 12.3. The number of hydrogen-bond donors (Lipinski definition) is 2. The Labute approximate surface area is 191 Å². The van der Waals surface area contributed by atoms with Gasteiger partial charge in [-0.25, -0.2) is 0 Å². The first-order valence-electron chi connectivity index (χ1n) is 9.83. The molecule has 0 saturated heterocycles. The second-order valence-corrected chi connectivity index (χ2v) is 7.53. The van der Waals surface area contributed by atoms with E-state index in [1.165, 1.54) is 11.8 Å². The molecule has 0 fully saturated rings. The molecule has 3 rings (SSSR count). The van der Waals surface area contributed by atoms with Crippen LogP contribution in [0.1, 0.15) is 11.1 Å². The highest BCUT2D eigenvalue weighted by molar-refractivity contribution is 8.13. The summed E-state index contributed by atoms with van der Waals surface area (Å²) in [6, 6.07) is 24.4. The molecule has 0 atom stereocenters. The summed E-state index contributed by atoms with van der Waals surface area (Å²) in [6.07, 6.45) is 1.55. The number of ether oxygens (including phenoxy) is 2. The maximum Gasteiger partial charge on any atom is 0.262 e. The van der Waals surface area contributed by atoms with E-state index in [0.29, 0.717) is 33.7 Å². The van der Waals surface area contributed by atoms with Crippen molar-refractivity contribution < 1.29 is 14.3 Å². The van der Waals surface area contributed by atoms with E-state index in [-0.39, 0.29) is 12.5 Å². The van der Waals surface area contributed by atoms with Crippen LogP contribution in [0.2, 0.25) is 0 Å². The van der Waals surface area contributed by atoms with Crippen molar-refractivity contribution >= 4 is 34.7 Å². The zero-order chi connectivity index (χ0) is 22.6. The molecule has 0 aliphatic rings. The van der Waals surface area contributed by atoms with Gasteiger partial charge in [0.25, 0.3) is 5.91 Å². The average Bonchev–Trinajstić information content (AvgIpc) is 2.83. The van der Waals surface area contributed by atoms with E-state index in [9.17, 15) is 4.79 Å². The fourth-order valence-electron chi connectivity index (χ4n) is 2.70. The summed E-state index contributed by atoms with van der Waals surface area (Å²) < 4.78 is 10.9. The van der Waals surface area contributed by atoms with Crippen LogP contribution in [0.5, 0.6) is 11.5 Å². The molecule has 3 aromatic rings. The Morgan fingerprint density at radius 2 is 1.69 bits per heavy atom. The number of carbonyl (C=O) groups is 1. The standard InChI is InChI=1S/C24H24N4O3S/c1-30-22-14-8-6-12-20(22)27-23(29)16-31-21-13-7-5-11-19(21)15-26-28-24(25)32-17-18-9-3-2-4-10-18/h2-15H,16-17H2,1H3,(H2,25,28)(H,27,29). The minimum atomic E-state index is -0.305. The number of nitrogens with one attached hydrogen (secondary N) is 1. The first-order chi connectivity index (χ1) is 15.7. The minimum absolute atomic E-state index is 0.165. The molecule has 0 aromatic heterocycles. The third-order valence-corrected chi connectivity index (χ3v) is 5.10. The van der Waals surface area contributed by atoms with Gasteiger partial charge in [0.05, 0.1) is 19.0 Å². The second-order valence-electron chi connectivity index (χ2n) is 6.53. The Hall–Kier alpha value is -3.78. The molecule has 3 N–H and O–H groups in total. The van der Waals surface area contributed by atoms with Gasteiger partial charge in [0.15, 0.2) is 11.8 Å². The summed E-state index contributed by atoms with van der Waals surface area (Å²) in [7, 11) is 1.55. The molecule has 0 aliphatic heterocycles. The molecule has 32 heavy (non-hydrogen) atoms. The fraction of sp³-hybridized carbons (Fsp3) is 0.125. The van der Waals surface area contributed by atoms with Gasteiger partial charge in [-0.3, -0.25) is 4.79 Å². The van der Waals surface area contributed by atoms with Crippen molar-refractivity contribution in [3.8, 4) is 11.5 Å². The number of benzene rings is 3. The van der Waals surface area contributed by atoms with Crippen LogP contribution in [0, 0.1) is 0 Å². The van der Waals surface area contributed by atoms with Crippen molar-refractivity contribution in [3.05, 3.63) is 90.0 Å². The highest BCUT2D eigenvalue weighted by atomic mass is 32.2. The third-order valence-electron chi connectivity index (χ3n) is 4.24. The van der Waals surface area contributed by atoms with Crippen LogP contribution < -0.4 is 20.5 Å². The maximum absolute atomic E-state index is 12.3. The van der Waals surface area contributed by atoms with Crippen molar-refractivity contribution in [1.82, 2.24) is 0 Å². The number of nitrogens with two attached hydrogens (primary N) is 1. The van der Waals surface area contributed by atoms with Crippen LogP contribution in [0.25, 0.3) is 0 Å². The molecule has 1 amide bonds. The van der Waals surface area contributed by atoms with E-state index in [1.54, 1.807) is 31.5 Å². The predicted octanol–water partition coefficient (Wildman–Crippen LogP) is 4.29. The van der Waals surface area contributed by atoms with Gasteiger partial charge < -0.3 is 20.5 Å². The predicted molar refractivity (Wildman–Crippen MR) is 131 cm³/mol. The summed E-state index contributed by atoms with van der Waals surface area (Å²) in [5.74, 6) is 1.50. The number of carbonyl (C=O) groups excluding carboxylic acids is 1. The summed E-state index contributed by atoms with van der Waals surface area (Å²) >= 11 is 1.41. The van der Waals surface area contributed by atoms with E-state index >= 15 is 0 Å². The van der Waals surface area contributed by atoms with E-state index in [4.69, 9.17) is 15.2 Å². The zero-order valence-corrected chi connectivity index (χ0v) is 18.4. The topological polar surface area (TPSA) is 98.3 Å². The molecule has 0 heterocycles. The lowest BCUT2D eigenvalue weighted by Gasteiger charge is -2.11. The third kappa shape index (κ3) is 7.17. The Bertz CT molecular complexity index is 1090. The van der Waals surface area contributed by atoms with Crippen molar-refractivity contribution in [3.63, 3.8) is 0 Å². The van der Waals surface area contributed by atoms with E-state index in [1.807, 2.05) is 60.7 Å². The first-order valence-corrected chi connectivity index (χ1v) is 10.8. The lowest BCUT2D eigenvalue weighted by Crippen LogP contribution is -2.20. The van der Waals surface area contributed by atoms with Crippen molar-refractivity contribution in [1.29, 1.82) is 0 Å². The normalized spacial score (nSPS) is 11.3. The second kappa shape index (κ2) is 12.2. The van der Waals surface area contributed by atoms with E-state index in [2.05, 4.69) is 15.5 Å². The van der Waals surface area contributed by atoms with Crippen LogP contribution >= 0.6 is 11.8 Å². The number of nitrogens with zero attached hydrogens (tertiary/aromatic N) is 2. The largest absolute Gasteiger partial charge is 0.495 e. The minimum Gasteiger partial charge on any atom is -0.495 e. The number of thioether (sulfide) groups is 1. The van der Waals surface area contributed by atoms with Crippen LogP contribution in [-0.4, -0.2) is 31.0 Å². The molecule has 0 aliphatic carbocycles. The van der Waals surface area contributed by atoms with Crippen LogP contribution in [0.15, 0.2) is 89.1 Å². The molecular formula is C24H24N4O3S. The van der Waals surface area contributed by atoms with Gasteiger partial charge in [-0.05, 0) is 29.8 Å². The number of anilines is 1. The lowest BCUT2D eigenvalue weighted by atomic mass is 10.2. The molecule has 0 spiro atoms. The average molecular weight is 449 g/mol. The van der Waals surface area contributed by atoms with Gasteiger partial charge >= 0.3 is 0 Å². The Kier molecular flexibility index (Phi) is 8.70. The Morgan fingerprint density at radius 1 is 1.00 bits per heavy atom. The van der Waals surface area contributed by atoms with Gasteiger partial charge in [-0.15, -0.1) is 5.10 Å². The van der Waals surface area contributed by atoms with Crippen molar-refractivity contribution in [2.24, 2.45) is 15.9 Å². The van der Waals surface area contributed by atoms with Gasteiger partial charge in [0.1, 0.15) is 11.5 Å². The summed E-state index contributed by atoms with van der Waals surface area (Å²) in [5.41, 5.74) is 8.34. The number of para-hydroxylation sites is 3. The maximum atomic E-state index is 12.3. The SMILES string of the molecule is COc1ccccc1NC(=O)COc1ccccc1C=NN=C(N)SCc1ccccc1. The Morgan fingerprint density at radius 3 is 2.47 bits per heavy atom. The molecule has 3 aromatic carbocycles. The van der Waals surface area contributed by atoms with Crippen molar-refractivity contribution in [2.45, 2.75) is 5.75 Å². The van der Waals surface area contributed by atoms with Crippen LogP contribution in [0.4, 0.5) is 5.69 Å². The molecule has 7 nitrogen and oxygen atoms in total. The molecule has 0 radical (unpaired) electrons. The highest BCUT2D eigenvalue weighted by Gasteiger charge is 2.09. The van der Waals surface area contributed by atoms with Gasteiger partial charge in [0, 0.05) is 11.3 Å². The lowest BCUT2D eigenvalue weighted by molar-refractivity contribution is -0.118. The number of rotatable bonds is 9. The van der Waals surface area contributed by atoms with Crippen molar-refractivity contribution in [2.75, 3.05) is 19.0 Å². The fourth-order valence-corrected chi connectivity index (χ4v) is 3.32. The molecule has 0 bridgehead atoms. The van der Waals surface area contributed by atoms with E-state index < -0.39 is 0 Å². The molecule has 0 saturated carbocycles. The first kappa shape index (κ1) is 22.9. The molecule has 164 valence electrons. The molecular weight excluding hydrogens is 424 g/mol. The smallest absolute Gasteiger partial charge is 0.262 e. The molecule has 0 unspecified atom stereocenters. The quantitative estimate of drug-likeness (QED) is 0.289.